The highest BCUT2D eigenvalue weighted by atomic mass is 35.5. The molecule has 0 aliphatic heterocycles. The second-order valence-electron chi connectivity index (χ2n) is 4.81. The second-order valence-corrected chi connectivity index (χ2v) is 7.09. The van der Waals surface area contributed by atoms with Crippen LogP contribution in [0.1, 0.15) is 44.2 Å². The smallest absolute Gasteiger partial charge is 0.138 e. The van der Waals surface area contributed by atoms with Crippen LogP contribution < -0.4 is 5.32 Å². The highest BCUT2D eigenvalue weighted by Crippen LogP contribution is 2.36. The van der Waals surface area contributed by atoms with Crippen LogP contribution in [0.15, 0.2) is 12.4 Å². The van der Waals surface area contributed by atoms with Gasteiger partial charge in [0.05, 0.1) is 8.67 Å². The van der Waals surface area contributed by atoms with Crippen LogP contribution in [0.2, 0.25) is 8.67 Å². The molecule has 1 N–H and O–H groups in total. The lowest BCUT2D eigenvalue weighted by molar-refractivity contribution is 0.469. The number of hydrogen-bond donors (Lipinski definition) is 1. The Balaban J connectivity index is 2.25. The summed E-state index contributed by atoms with van der Waals surface area (Å²) in [5.41, 5.74) is 1.03. The number of aromatic nitrogens is 3. The van der Waals surface area contributed by atoms with Gasteiger partial charge in [0.15, 0.2) is 0 Å². The van der Waals surface area contributed by atoms with Crippen molar-refractivity contribution in [3.05, 3.63) is 32.5 Å². The van der Waals surface area contributed by atoms with E-state index < -0.39 is 0 Å². The molecule has 110 valence electrons. The quantitative estimate of drug-likeness (QED) is 0.865. The van der Waals surface area contributed by atoms with Crippen LogP contribution in [0.5, 0.6) is 0 Å². The molecule has 0 saturated heterocycles. The van der Waals surface area contributed by atoms with Crippen LogP contribution in [0.3, 0.4) is 0 Å². The van der Waals surface area contributed by atoms with Gasteiger partial charge in [-0.15, -0.1) is 11.3 Å². The van der Waals surface area contributed by atoms with Crippen LogP contribution in [0, 0.1) is 0 Å². The van der Waals surface area contributed by atoms with Crippen molar-refractivity contribution in [3.8, 4) is 0 Å². The standard InChI is InChI=1S/C13H18Cl2N4S/c1-4-16-10(9-5-11(14)20-13(9)15)6-12-17-7-18-19(12)8(2)3/h5,7-8,10,16H,4,6H2,1-3H3. The first-order valence-corrected chi connectivity index (χ1v) is 8.16. The highest BCUT2D eigenvalue weighted by Gasteiger charge is 2.20. The Morgan fingerprint density at radius 3 is 2.70 bits per heavy atom. The van der Waals surface area contributed by atoms with E-state index in [9.17, 15) is 0 Å². The van der Waals surface area contributed by atoms with E-state index in [0.717, 1.165) is 28.7 Å². The average molecular weight is 333 g/mol. The van der Waals surface area contributed by atoms with Gasteiger partial charge in [-0.25, -0.2) is 9.67 Å². The Morgan fingerprint density at radius 2 is 2.15 bits per heavy atom. The summed E-state index contributed by atoms with van der Waals surface area (Å²) in [6.45, 7) is 7.11. The summed E-state index contributed by atoms with van der Waals surface area (Å²) in [4.78, 5) is 4.36. The maximum absolute atomic E-state index is 6.27. The first-order chi connectivity index (χ1) is 9.52. The Morgan fingerprint density at radius 1 is 1.40 bits per heavy atom. The van der Waals surface area contributed by atoms with Gasteiger partial charge in [-0.3, -0.25) is 0 Å². The van der Waals surface area contributed by atoms with Gasteiger partial charge >= 0.3 is 0 Å². The zero-order valence-corrected chi connectivity index (χ0v) is 14.1. The number of thiophene rings is 1. The topological polar surface area (TPSA) is 42.7 Å². The van der Waals surface area contributed by atoms with Gasteiger partial charge in [-0.2, -0.15) is 5.10 Å². The van der Waals surface area contributed by atoms with E-state index in [1.54, 1.807) is 6.33 Å². The Labute approximate surface area is 133 Å². The number of rotatable bonds is 6. The van der Waals surface area contributed by atoms with Gasteiger partial charge in [0.25, 0.3) is 0 Å². The van der Waals surface area contributed by atoms with Crippen LogP contribution >= 0.6 is 34.5 Å². The molecule has 2 heterocycles. The number of hydrogen-bond acceptors (Lipinski definition) is 4. The average Bonchev–Trinajstić information content (AvgIpc) is 2.95. The fourth-order valence-electron chi connectivity index (χ4n) is 2.16. The molecule has 7 heteroatoms. The SMILES string of the molecule is CCNC(Cc1ncnn1C(C)C)c1cc(Cl)sc1Cl. The molecule has 2 rings (SSSR count). The van der Waals surface area contributed by atoms with Crippen LogP contribution in [-0.4, -0.2) is 21.3 Å². The van der Waals surface area contributed by atoms with E-state index in [2.05, 4.69) is 36.2 Å². The normalized spacial score (nSPS) is 13.1. The third kappa shape index (κ3) is 3.52. The molecule has 0 aliphatic rings. The molecule has 1 atom stereocenters. The third-order valence-electron chi connectivity index (χ3n) is 3.03. The summed E-state index contributed by atoms with van der Waals surface area (Å²) < 4.78 is 3.38. The summed E-state index contributed by atoms with van der Waals surface area (Å²) in [6.07, 6.45) is 2.33. The van der Waals surface area contributed by atoms with Gasteiger partial charge in [0.1, 0.15) is 12.2 Å². The molecule has 0 fully saturated rings. The van der Waals surface area contributed by atoms with Crippen LogP contribution in [0.25, 0.3) is 0 Å². The summed E-state index contributed by atoms with van der Waals surface area (Å²) in [6, 6.07) is 2.31. The summed E-state index contributed by atoms with van der Waals surface area (Å²) in [5, 5.41) is 7.71. The molecule has 0 aliphatic carbocycles. The monoisotopic (exact) mass is 332 g/mol. The predicted octanol–water partition coefficient (Wildman–Crippen LogP) is 4.12. The van der Waals surface area contributed by atoms with Crippen molar-refractivity contribution in [2.75, 3.05) is 6.54 Å². The van der Waals surface area contributed by atoms with E-state index in [1.165, 1.54) is 11.3 Å². The molecule has 4 nitrogen and oxygen atoms in total. The number of likely N-dealkylation sites (N-methyl/N-ethyl adjacent to an activating group) is 1. The van der Waals surface area contributed by atoms with Gasteiger partial charge in [0, 0.05) is 24.1 Å². The molecule has 0 bridgehead atoms. The Bertz CT molecular complexity index is 564. The predicted molar refractivity (Wildman–Crippen MR) is 84.9 cm³/mol. The molecule has 1 unspecified atom stereocenters. The fourth-order valence-corrected chi connectivity index (χ4v) is 3.74. The van der Waals surface area contributed by atoms with Gasteiger partial charge in [-0.1, -0.05) is 30.1 Å². The maximum Gasteiger partial charge on any atom is 0.138 e. The summed E-state index contributed by atoms with van der Waals surface area (Å²) in [7, 11) is 0. The Hall–Kier alpha value is -0.620. The molecule has 0 radical (unpaired) electrons. The van der Waals surface area contributed by atoms with Crippen molar-refractivity contribution in [1.29, 1.82) is 0 Å². The van der Waals surface area contributed by atoms with E-state index in [1.807, 2.05) is 10.7 Å². The molecule has 2 aromatic rings. The van der Waals surface area contributed by atoms with E-state index in [4.69, 9.17) is 23.2 Å². The molecular formula is C13H18Cl2N4S. The van der Waals surface area contributed by atoms with Crippen molar-refractivity contribution in [3.63, 3.8) is 0 Å². The maximum atomic E-state index is 6.27. The highest BCUT2D eigenvalue weighted by molar-refractivity contribution is 7.20. The minimum Gasteiger partial charge on any atom is -0.310 e. The van der Waals surface area contributed by atoms with E-state index in [0.29, 0.717) is 4.34 Å². The van der Waals surface area contributed by atoms with Crippen LogP contribution in [-0.2, 0) is 6.42 Å². The van der Waals surface area contributed by atoms with Gasteiger partial charge in [-0.05, 0) is 26.5 Å². The molecule has 0 saturated carbocycles. The lowest BCUT2D eigenvalue weighted by atomic mass is 10.1. The van der Waals surface area contributed by atoms with Gasteiger partial charge in [0.2, 0.25) is 0 Å². The number of nitrogens with zero attached hydrogens (tertiary/aromatic N) is 3. The number of nitrogens with one attached hydrogen (secondary N) is 1. The van der Waals surface area contributed by atoms with Crippen molar-refractivity contribution in [2.45, 2.75) is 39.3 Å². The first-order valence-electron chi connectivity index (χ1n) is 6.59. The lowest BCUT2D eigenvalue weighted by Gasteiger charge is -2.18. The van der Waals surface area contributed by atoms with Crippen molar-refractivity contribution in [2.24, 2.45) is 0 Å². The molecule has 20 heavy (non-hydrogen) atoms. The van der Waals surface area contributed by atoms with E-state index >= 15 is 0 Å². The summed E-state index contributed by atoms with van der Waals surface area (Å²) >= 11 is 13.7. The second kappa shape index (κ2) is 6.89. The molecular weight excluding hydrogens is 315 g/mol. The van der Waals surface area contributed by atoms with E-state index in [-0.39, 0.29) is 12.1 Å². The third-order valence-corrected chi connectivity index (χ3v) is 4.55. The minimum atomic E-state index is 0.0953. The first kappa shape index (κ1) is 15.8. The van der Waals surface area contributed by atoms with Crippen molar-refractivity contribution in [1.82, 2.24) is 20.1 Å². The molecule has 0 spiro atoms. The molecule has 0 amide bonds. The van der Waals surface area contributed by atoms with Crippen molar-refractivity contribution >= 4 is 34.5 Å². The fraction of sp³-hybridized carbons (Fsp3) is 0.538. The zero-order chi connectivity index (χ0) is 14.7. The van der Waals surface area contributed by atoms with Gasteiger partial charge < -0.3 is 5.32 Å². The molecule has 2 aromatic heterocycles. The zero-order valence-electron chi connectivity index (χ0n) is 11.7. The number of halogens is 2. The largest absolute Gasteiger partial charge is 0.310 e. The molecule has 0 aromatic carbocycles. The van der Waals surface area contributed by atoms with Crippen LogP contribution in [0.4, 0.5) is 0 Å². The summed E-state index contributed by atoms with van der Waals surface area (Å²) in [5.74, 6) is 0.948. The van der Waals surface area contributed by atoms with Crippen molar-refractivity contribution < 1.29 is 0 Å². The minimum absolute atomic E-state index is 0.0953. The Kier molecular flexibility index (Phi) is 5.43. The lowest BCUT2D eigenvalue weighted by Crippen LogP contribution is -2.24.